The molecule has 1 N–H and O–H groups in total. The molecule has 2 aromatic carbocycles. The molecule has 0 aliphatic carbocycles. The molecule has 0 spiro atoms. The van der Waals surface area contributed by atoms with E-state index in [0.717, 1.165) is 39.0 Å². The number of carbonyl (C=O) groups excluding carboxylic acids is 1. The van der Waals surface area contributed by atoms with Crippen LogP contribution in [0, 0.1) is 13.8 Å². The zero-order valence-electron chi connectivity index (χ0n) is 16.5. The van der Waals surface area contributed by atoms with Crippen LogP contribution in [0.25, 0.3) is 11.0 Å². The van der Waals surface area contributed by atoms with Crippen LogP contribution < -0.4 is 5.32 Å². The van der Waals surface area contributed by atoms with E-state index in [2.05, 4.69) is 19.9 Å². The highest BCUT2D eigenvalue weighted by Gasteiger charge is 2.11. The second-order valence-electron chi connectivity index (χ2n) is 6.88. The van der Waals surface area contributed by atoms with E-state index in [1.165, 1.54) is 0 Å². The fraction of sp³-hybridized carbons (Fsp3) is 0.182. The number of imidazole rings is 1. The van der Waals surface area contributed by atoms with E-state index in [4.69, 9.17) is 4.98 Å². The summed E-state index contributed by atoms with van der Waals surface area (Å²) in [4.78, 5) is 25.9. The van der Waals surface area contributed by atoms with Gasteiger partial charge in [0.15, 0.2) is 5.16 Å². The Bertz CT molecular complexity index is 1180. The molecule has 0 saturated heterocycles. The van der Waals surface area contributed by atoms with Crippen molar-refractivity contribution in [3.8, 4) is 0 Å². The highest BCUT2D eigenvalue weighted by Crippen LogP contribution is 2.24. The van der Waals surface area contributed by atoms with Gasteiger partial charge in [0.1, 0.15) is 5.82 Å². The molecule has 4 aromatic rings. The van der Waals surface area contributed by atoms with Gasteiger partial charge in [-0.05, 0) is 50.2 Å². The Hall–Kier alpha value is -3.19. The minimum absolute atomic E-state index is 0.132. The number of anilines is 1. The number of aromatic nitrogens is 4. The van der Waals surface area contributed by atoms with Crippen molar-refractivity contribution >= 4 is 34.4 Å². The standard InChI is InChI=1S/C22H21N5OS/c1-14-4-6-16(7-5-14)21(28)25-17-8-9-19-18(12-17)26-20(27(19)3)13-29-22-23-11-10-15(2)24-22/h4-12H,13H2,1-3H3,(H,25,28). The van der Waals surface area contributed by atoms with E-state index in [9.17, 15) is 4.79 Å². The molecule has 6 nitrogen and oxygen atoms in total. The molecule has 0 unspecified atom stereocenters. The summed E-state index contributed by atoms with van der Waals surface area (Å²) in [5.41, 5.74) is 5.28. The molecular weight excluding hydrogens is 382 g/mol. The number of benzene rings is 2. The van der Waals surface area contributed by atoms with Crippen LogP contribution in [0.2, 0.25) is 0 Å². The molecule has 0 radical (unpaired) electrons. The van der Waals surface area contributed by atoms with Crippen molar-refractivity contribution in [1.82, 2.24) is 19.5 Å². The number of nitrogens with one attached hydrogen (secondary N) is 1. The zero-order chi connectivity index (χ0) is 20.4. The van der Waals surface area contributed by atoms with E-state index < -0.39 is 0 Å². The summed E-state index contributed by atoms with van der Waals surface area (Å²) >= 11 is 1.56. The monoisotopic (exact) mass is 403 g/mol. The third-order valence-electron chi connectivity index (χ3n) is 4.65. The summed E-state index contributed by atoms with van der Waals surface area (Å²) in [7, 11) is 1.99. The van der Waals surface area contributed by atoms with Gasteiger partial charge >= 0.3 is 0 Å². The number of nitrogens with zero attached hydrogens (tertiary/aromatic N) is 4. The van der Waals surface area contributed by atoms with Crippen molar-refractivity contribution in [1.29, 1.82) is 0 Å². The summed E-state index contributed by atoms with van der Waals surface area (Å²) in [5, 5.41) is 3.69. The molecule has 29 heavy (non-hydrogen) atoms. The summed E-state index contributed by atoms with van der Waals surface area (Å²) < 4.78 is 2.06. The van der Waals surface area contributed by atoms with Gasteiger partial charge in [-0.15, -0.1) is 0 Å². The summed E-state index contributed by atoms with van der Waals surface area (Å²) in [5.74, 6) is 1.46. The Morgan fingerprint density at radius 3 is 2.62 bits per heavy atom. The first kappa shape index (κ1) is 19.1. The lowest BCUT2D eigenvalue weighted by molar-refractivity contribution is 0.102. The quantitative estimate of drug-likeness (QED) is 0.392. The number of carbonyl (C=O) groups is 1. The minimum atomic E-state index is -0.132. The van der Waals surface area contributed by atoms with Gasteiger partial charge in [0.25, 0.3) is 5.91 Å². The molecule has 0 aliphatic heterocycles. The Labute approximate surface area is 173 Å². The van der Waals surface area contributed by atoms with Crippen LogP contribution in [0.15, 0.2) is 59.9 Å². The minimum Gasteiger partial charge on any atom is -0.330 e. The van der Waals surface area contributed by atoms with E-state index in [1.807, 2.05) is 69.4 Å². The highest BCUT2D eigenvalue weighted by molar-refractivity contribution is 7.98. The van der Waals surface area contributed by atoms with E-state index in [0.29, 0.717) is 11.3 Å². The predicted molar refractivity (Wildman–Crippen MR) is 116 cm³/mol. The molecule has 2 aromatic heterocycles. The van der Waals surface area contributed by atoms with Gasteiger partial charge in [0, 0.05) is 30.2 Å². The topological polar surface area (TPSA) is 72.7 Å². The molecule has 0 fully saturated rings. The summed E-state index contributed by atoms with van der Waals surface area (Å²) in [6, 6.07) is 15.2. The van der Waals surface area contributed by atoms with Gasteiger partial charge in [-0.1, -0.05) is 29.5 Å². The average Bonchev–Trinajstić information content (AvgIpc) is 3.02. The maximum Gasteiger partial charge on any atom is 0.255 e. The molecule has 0 saturated carbocycles. The van der Waals surface area contributed by atoms with Crippen molar-refractivity contribution in [2.24, 2.45) is 7.05 Å². The molecule has 1 amide bonds. The third kappa shape index (κ3) is 4.30. The van der Waals surface area contributed by atoms with E-state index in [-0.39, 0.29) is 5.91 Å². The van der Waals surface area contributed by atoms with Crippen molar-refractivity contribution in [3.05, 3.63) is 77.4 Å². The number of aryl methyl sites for hydroxylation is 3. The lowest BCUT2D eigenvalue weighted by Gasteiger charge is -2.06. The average molecular weight is 404 g/mol. The SMILES string of the molecule is Cc1ccc(C(=O)Nc2ccc3c(c2)nc(CSc2nccc(C)n2)n3C)cc1. The van der Waals surface area contributed by atoms with Crippen molar-refractivity contribution < 1.29 is 4.79 Å². The van der Waals surface area contributed by atoms with Crippen molar-refractivity contribution in [2.45, 2.75) is 24.8 Å². The van der Waals surface area contributed by atoms with Gasteiger partial charge in [0.05, 0.1) is 16.8 Å². The first-order chi connectivity index (χ1) is 14.0. The Balaban J connectivity index is 1.52. The fourth-order valence-corrected chi connectivity index (χ4v) is 3.85. The predicted octanol–water partition coefficient (Wildman–Crippen LogP) is 4.52. The van der Waals surface area contributed by atoms with Crippen molar-refractivity contribution in [2.75, 3.05) is 5.32 Å². The van der Waals surface area contributed by atoms with Gasteiger partial charge in [0.2, 0.25) is 0 Å². The number of thioether (sulfide) groups is 1. The van der Waals surface area contributed by atoms with Crippen LogP contribution in [0.4, 0.5) is 5.69 Å². The van der Waals surface area contributed by atoms with Gasteiger partial charge in [-0.3, -0.25) is 4.79 Å². The summed E-state index contributed by atoms with van der Waals surface area (Å²) in [6.07, 6.45) is 1.77. The van der Waals surface area contributed by atoms with Crippen LogP contribution in [0.5, 0.6) is 0 Å². The Kier molecular flexibility index (Phi) is 5.31. The molecule has 0 atom stereocenters. The largest absolute Gasteiger partial charge is 0.330 e. The van der Waals surface area contributed by atoms with Crippen LogP contribution in [-0.2, 0) is 12.8 Å². The van der Waals surface area contributed by atoms with Gasteiger partial charge < -0.3 is 9.88 Å². The molecule has 7 heteroatoms. The number of hydrogen-bond acceptors (Lipinski definition) is 5. The lowest BCUT2D eigenvalue weighted by Crippen LogP contribution is -2.11. The van der Waals surface area contributed by atoms with E-state index >= 15 is 0 Å². The lowest BCUT2D eigenvalue weighted by atomic mass is 10.1. The first-order valence-electron chi connectivity index (χ1n) is 9.25. The number of amides is 1. The Morgan fingerprint density at radius 1 is 1.07 bits per heavy atom. The van der Waals surface area contributed by atoms with Crippen molar-refractivity contribution in [3.63, 3.8) is 0 Å². The molecule has 2 heterocycles. The zero-order valence-corrected chi connectivity index (χ0v) is 17.3. The van der Waals surface area contributed by atoms with E-state index in [1.54, 1.807) is 18.0 Å². The number of rotatable bonds is 5. The van der Waals surface area contributed by atoms with Crippen LogP contribution in [0.3, 0.4) is 0 Å². The molecular formula is C22H21N5OS. The maximum atomic E-state index is 12.5. The van der Waals surface area contributed by atoms with Gasteiger partial charge in [-0.2, -0.15) is 0 Å². The molecule has 0 aliphatic rings. The highest BCUT2D eigenvalue weighted by atomic mass is 32.2. The molecule has 146 valence electrons. The fourth-order valence-electron chi connectivity index (χ4n) is 2.99. The van der Waals surface area contributed by atoms with Crippen LogP contribution >= 0.6 is 11.8 Å². The third-order valence-corrected chi connectivity index (χ3v) is 5.51. The second-order valence-corrected chi connectivity index (χ2v) is 7.82. The normalized spacial score (nSPS) is 11.0. The molecule has 4 rings (SSSR count). The second kappa shape index (κ2) is 8.05. The first-order valence-corrected chi connectivity index (χ1v) is 10.2. The number of fused-ring (bicyclic) bond motifs is 1. The van der Waals surface area contributed by atoms with Crippen LogP contribution in [-0.4, -0.2) is 25.4 Å². The number of hydrogen-bond donors (Lipinski definition) is 1. The smallest absolute Gasteiger partial charge is 0.255 e. The molecule has 0 bridgehead atoms. The Morgan fingerprint density at radius 2 is 1.86 bits per heavy atom. The van der Waals surface area contributed by atoms with Gasteiger partial charge in [-0.25, -0.2) is 15.0 Å². The van der Waals surface area contributed by atoms with Crippen LogP contribution in [0.1, 0.15) is 27.4 Å². The summed E-state index contributed by atoms with van der Waals surface area (Å²) in [6.45, 7) is 3.95. The maximum absolute atomic E-state index is 12.5.